The first-order valence-corrected chi connectivity index (χ1v) is 16.9. The zero-order valence-corrected chi connectivity index (χ0v) is 26.5. The number of benzene rings is 3. The van der Waals surface area contributed by atoms with E-state index in [1.165, 1.54) is 23.1 Å². The molecule has 0 saturated carbocycles. The largest absolute Gasteiger partial charge is 0.368 e. The molecule has 236 valence electrons. The van der Waals surface area contributed by atoms with Gasteiger partial charge in [-0.05, 0) is 42.8 Å². The maximum absolute atomic E-state index is 13.8. The molecule has 10 nitrogen and oxygen atoms in total. The fraction of sp³-hybridized carbons (Fsp3) is 0.343. The lowest BCUT2D eigenvalue weighted by Gasteiger charge is -2.36. The molecule has 3 aromatic carbocycles. The van der Waals surface area contributed by atoms with Gasteiger partial charge in [0.25, 0.3) is 5.91 Å². The predicted molar refractivity (Wildman–Crippen MR) is 183 cm³/mol. The summed E-state index contributed by atoms with van der Waals surface area (Å²) >= 11 is 1.28. The molecule has 0 aromatic heterocycles. The van der Waals surface area contributed by atoms with Crippen molar-refractivity contribution in [1.29, 1.82) is 0 Å². The summed E-state index contributed by atoms with van der Waals surface area (Å²) in [6.07, 6.45) is 0.586. The third-order valence-corrected chi connectivity index (χ3v) is 9.93. The van der Waals surface area contributed by atoms with E-state index in [2.05, 4.69) is 34.1 Å². The first kappa shape index (κ1) is 30.0. The van der Waals surface area contributed by atoms with Gasteiger partial charge in [0.05, 0.1) is 11.4 Å². The van der Waals surface area contributed by atoms with Gasteiger partial charge in [-0.1, -0.05) is 60.3 Å². The maximum atomic E-state index is 13.8. The molecule has 2 saturated heterocycles. The standard InChI is InChI=1S/C35H37N7O3S/c43-31(40-21-17-38(18-22-40)26-9-3-1-4-10-26)16-15-30-34(45)42-33(36-30)28-13-7-8-14-29(28)37-35(42)46-25-32(44)41-23-19-39(20-24-41)27-11-5-2-6-12-27/h1-14,30H,15-25H2/t30-/m0/s1. The number of piperazine rings is 2. The number of carbonyl (C=O) groups is 3. The number of hydrogen-bond donors (Lipinski definition) is 0. The Labute approximate surface area is 273 Å². The molecule has 46 heavy (non-hydrogen) atoms. The molecule has 0 N–H and O–H groups in total. The quantitative estimate of drug-likeness (QED) is 0.392. The minimum Gasteiger partial charge on any atom is -0.368 e. The van der Waals surface area contributed by atoms with Crippen LogP contribution < -0.4 is 9.80 Å². The second-order valence-electron chi connectivity index (χ2n) is 11.8. The van der Waals surface area contributed by atoms with Crippen molar-refractivity contribution in [2.75, 3.05) is 67.9 Å². The van der Waals surface area contributed by atoms with Gasteiger partial charge in [0.2, 0.25) is 11.8 Å². The summed E-state index contributed by atoms with van der Waals surface area (Å²) in [5.74, 6) is 0.616. The Morgan fingerprint density at radius 1 is 0.696 bits per heavy atom. The van der Waals surface area contributed by atoms with Crippen molar-refractivity contribution >= 4 is 57.5 Å². The number of aliphatic imine (C=N–C) groups is 2. The summed E-state index contributed by atoms with van der Waals surface area (Å²) in [5.41, 5.74) is 3.85. The van der Waals surface area contributed by atoms with Crippen molar-refractivity contribution in [2.24, 2.45) is 9.98 Å². The lowest BCUT2D eigenvalue weighted by atomic mass is 10.1. The van der Waals surface area contributed by atoms with Crippen LogP contribution in [0.5, 0.6) is 0 Å². The van der Waals surface area contributed by atoms with Crippen LogP contribution in [0.3, 0.4) is 0 Å². The van der Waals surface area contributed by atoms with Crippen LogP contribution in [0.25, 0.3) is 0 Å². The normalized spacial score (nSPS) is 19.4. The molecular formula is C35H37N7O3S. The van der Waals surface area contributed by atoms with Gasteiger partial charge in [-0.25, -0.2) is 9.89 Å². The number of nitrogens with zero attached hydrogens (tertiary/aromatic N) is 7. The Morgan fingerprint density at radius 3 is 1.85 bits per heavy atom. The molecule has 11 heteroatoms. The van der Waals surface area contributed by atoms with Crippen LogP contribution in [0.4, 0.5) is 17.1 Å². The Bertz CT molecular complexity index is 1650. The number of anilines is 2. The van der Waals surface area contributed by atoms with Crippen molar-refractivity contribution in [1.82, 2.24) is 14.7 Å². The molecule has 0 bridgehead atoms. The highest BCUT2D eigenvalue weighted by molar-refractivity contribution is 8.14. The Hall–Kier alpha value is -4.64. The monoisotopic (exact) mass is 635 g/mol. The van der Waals surface area contributed by atoms with Gasteiger partial charge in [0, 0.05) is 75.7 Å². The molecule has 0 spiro atoms. The van der Waals surface area contributed by atoms with Crippen molar-refractivity contribution < 1.29 is 14.4 Å². The lowest BCUT2D eigenvalue weighted by Crippen LogP contribution is -2.49. The first-order chi connectivity index (χ1) is 22.5. The first-order valence-electron chi connectivity index (χ1n) is 15.9. The predicted octanol–water partition coefficient (Wildman–Crippen LogP) is 3.86. The summed E-state index contributed by atoms with van der Waals surface area (Å²) < 4.78 is 0. The molecule has 0 unspecified atom stereocenters. The van der Waals surface area contributed by atoms with Crippen LogP contribution in [-0.4, -0.2) is 108 Å². The van der Waals surface area contributed by atoms with Crippen LogP contribution in [-0.2, 0) is 14.4 Å². The Kier molecular flexibility index (Phi) is 8.74. The topological polar surface area (TPSA) is 92.1 Å². The molecule has 3 aromatic rings. The van der Waals surface area contributed by atoms with E-state index in [9.17, 15) is 14.4 Å². The highest BCUT2D eigenvalue weighted by atomic mass is 32.2. The fourth-order valence-electron chi connectivity index (χ4n) is 6.43. The van der Waals surface area contributed by atoms with E-state index in [0.717, 1.165) is 37.4 Å². The van der Waals surface area contributed by atoms with Crippen LogP contribution in [0.15, 0.2) is 94.9 Å². The number of hydrogen-bond acceptors (Lipinski definition) is 8. The Balaban J connectivity index is 0.958. The highest BCUT2D eigenvalue weighted by Crippen LogP contribution is 2.34. The molecule has 4 aliphatic heterocycles. The highest BCUT2D eigenvalue weighted by Gasteiger charge is 2.42. The van der Waals surface area contributed by atoms with Crippen LogP contribution >= 0.6 is 11.8 Å². The minimum absolute atomic E-state index is 0.0268. The van der Waals surface area contributed by atoms with Crippen molar-refractivity contribution in [3.8, 4) is 0 Å². The molecule has 0 aliphatic carbocycles. The van der Waals surface area contributed by atoms with Gasteiger partial charge in [0.1, 0.15) is 11.9 Å². The SMILES string of the molecule is O=C(CC[C@@H]1N=C2c3ccccc3N=C(SCC(=O)N3CCN(c4ccccc4)CC3)N2C1=O)N1CCN(c2ccccc2)CC1. The van der Waals surface area contributed by atoms with Gasteiger partial charge in [-0.15, -0.1) is 0 Å². The molecule has 1 atom stereocenters. The van der Waals surface area contributed by atoms with Crippen LogP contribution in [0, 0.1) is 0 Å². The fourth-order valence-corrected chi connectivity index (χ4v) is 7.33. The molecule has 0 radical (unpaired) electrons. The zero-order valence-electron chi connectivity index (χ0n) is 25.7. The zero-order chi connectivity index (χ0) is 31.5. The molecule has 7 rings (SSSR count). The van der Waals surface area contributed by atoms with Crippen molar-refractivity contribution in [2.45, 2.75) is 18.9 Å². The second kappa shape index (κ2) is 13.4. The average molecular weight is 636 g/mol. The molecule has 4 heterocycles. The van der Waals surface area contributed by atoms with Gasteiger partial charge in [-0.3, -0.25) is 19.4 Å². The Morgan fingerprint density at radius 2 is 1.24 bits per heavy atom. The minimum atomic E-state index is -0.664. The number of thioether (sulfide) groups is 1. The van der Waals surface area contributed by atoms with E-state index >= 15 is 0 Å². The number of para-hydroxylation sites is 3. The molecule has 3 amide bonds. The van der Waals surface area contributed by atoms with Gasteiger partial charge in [-0.2, -0.15) is 0 Å². The number of carbonyl (C=O) groups excluding carboxylic acids is 3. The summed E-state index contributed by atoms with van der Waals surface area (Å²) in [4.78, 5) is 59.7. The third-order valence-electron chi connectivity index (χ3n) is 9.01. The average Bonchev–Trinajstić information content (AvgIpc) is 3.46. The summed E-state index contributed by atoms with van der Waals surface area (Å²) in [5, 5.41) is 0.463. The van der Waals surface area contributed by atoms with Crippen molar-refractivity contribution in [3.05, 3.63) is 90.5 Å². The van der Waals surface area contributed by atoms with E-state index in [-0.39, 0.29) is 29.9 Å². The third kappa shape index (κ3) is 6.24. The summed E-state index contributed by atoms with van der Waals surface area (Å²) in [7, 11) is 0. The molecule has 2 fully saturated rings. The second-order valence-corrected chi connectivity index (χ2v) is 12.7. The molecular weight excluding hydrogens is 598 g/mol. The van der Waals surface area contributed by atoms with Crippen molar-refractivity contribution in [3.63, 3.8) is 0 Å². The van der Waals surface area contributed by atoms with E-state index in [4.69, 9.17) is 9.98 Å². The molecule has 4 aliphatic rings. The van der Waals surface area contributed by atoms with Crippen LogP contribution in [0.1, 0.15) is 18.4 Å². The number of rotatable bonds is 7. The smallest absolute Gasteiger partial charge is 0.259 e. The lowest BCUT2D eigenvalue weighted by molar-refractivity contribution is -0.132. The number of amides is 3. The van der Waals surface area contributed by atoms with E-state index in [1.54, 1.807) is 4.90 Å². The van der Waals surface area contributed by atoms with E-state index in [1.807, 2.05) is 70.5 Å². The van der Waals surface area contributed by atoms with Gasteiger partial charge < -0.3 is 19.6 Å². The van der Waals surface area contributed by atoms with Gasteiger partial charge in [0.15, 0.2) is 5.17 Å². The number of amidine groups is 2. The van der Waals surface area contributed by atoms with E-state index < -0.39 is 6.04 Å². The van der Waals surface area contributed by atoms with Gasteiger partial charge >= 0.3 is 0 Å². The van der Waals surface area contributed by atoms with E-state index in [0.29, 0.717) is 43.6 Å². The maximum Gasteiger partial charge on any atom is 0.259 e. The summed E-state index contributed by atoms with van der Waals surface area (Å²) in [6.45, 7) is 5.73. The summed E-state index contributed by atoms with van der Waals surface area (Å²) in [6, 6.07) is 27.4. The van der Waals surface area contributed by atoms with Crippen LogP contribution in [0.2, 0.25) is 0 Å². The number of fused-ring (bicyclic) bond motifs is 3.